The average molecular weight is 385 g/mol. The number of aryl methyl sites for hydroxylation is 1. The molecule has 0 bridgehead atoms. The van der Waals surface area contributed by atoms with Crippen molar-refractivity contribution in [3.8, 4) is 10.7 Å². The lowest BCUT2D eigenvalue weighted by Gasteiger charge is -2.08. The number of nitrogens with one attached hydrogen (secondary N) is 1. The summed E-state index contributed by atoms with van der Waals surface area (Å²) in [6, 6.07) is 12.8. The number of nitrogens with zero attached hydrogens (tertiary/aromatic N) is 3. The number of hydrogen-bond acceptors (Lipinski definition) is 5. The highest BCUT2D eigenvalue weighted by atomic mass is 32.2. The third kappa shape index (κ3) is 3.99. The normalized spacial score (nSPS) is 13.7. The second kappa shape index (κ2) is 7.63. The largest absolute Gasteiger partial charge is 0.351 e. The Balaban J connectivity index is 1.37. The molecule has 5 nitrogen and oxygen atoms in total. The molecule has 1 amide bonds. The van der Waals surface area contributed by atoms with Gasteiger partial charge < -0.3 is 5.32 Å². The van der Waals surface area contributed by atoms with Crippen molar-refractivity contribution in [3.63, 3.8) is 0 Å². The number of thiophene rings is 1. The lowest BCUT2D eigenvalue weighted by atomic mass is 10.1. The number of benzene rings is 1. The fraction of sp³-hybridized carbons (Fsp3) is 0.316. The van der Waals surface area contributed by atoms with Crippen molar-refractivity contribution in [1.29, 1.82) is 0 Å². The highest BCUT2D eigenvalue weighted by Gasteiger charge is 2.30. The van der Waals surface area contributed by atoms with Gasteiger partial charge in [-0.15, -0.1) is 21.5 Å². The molecule has 0 unspecified atom stereocenters. The van der Waals surface area contributed by atoms with Gasteiger partial charge in [-0.25, -0.2) is 0 Å². The molecule has 0 atom stereocenters. The maximum Gasteiger partial charge on any atom is 0.230 e. The first-order valence-electron chi connectivity index (χ1n) is 8.64. The minimum atomic E-state index is 0.0126. The van der Waals surface area contributed by atoms with E-state index in [1.807, 2.05) is 23.6 Å². The molecule has 0 aliphatic heterocycles. The van der Waals surface area contributed by atoms with Crippen molar-refractivity contribution in [2.24, 2.45) is 0 Å². The molecule has 7 heteroatoms. The van der Waals surface area contributed by atoms with Crippen LogP contribution in [0.1, 0.15) is 30.0 Å². The third-order valence-corrected chi connectivity index (χ3v) is 6.07. The molecular formula is C19H20N4OS2. The van der Waals surface area contributed by atoms with E-state index >= 15 is 0 Å². The minimum Gasteiger partial charge on any atom is -0.351 e. The fourth-order valence-electron chi connectivity index (χ4n) is 2.70. The van der Waals surface area contributed by atoms with Gasteiger partial charge in [-0.1, -0.05) is 47.7 Å². The number of carbonyl (C=O) groups is 1. The lowest BCUT2D eigenvalue weighted by Crippen LogP contribution is -2.24. The van der Waals surface area contributed by atoms with Gasteiger partial charge in [0.2, 0.25) is 5.91 Å². The van der Waals surface area contributed by atoms with Crippen LogP contribution in [0.15, 0.2) is 46.9 Å². The number of aromatic nitrogens is 3. The Morgan fingerprint density at radius 3 is 2.77 bits per heavy atom. The lowest BCUT2D eigenvalue weighted by molar-refractivity contribution is -0.118. The molecule has 4 rings (SSSR count). The molecule has 1 aliphatic rings. The van der Waals surface area contributed by atoms with Gasteiger partial charge in [-0.2, -0.15) is 0 Å². The molecule has 2 heterocycles. The number of hydrogen-bond donors (Lipinski definition) is 1. The van der Waals surface area contributed by atoms with Gasteiger partial charge in [0.15, 0.2) is 11.0 Å². The van der Waals surface area contributed by atoms with E-state index in [1.165, 1.54) is 17.3 Å². The van der Waals surface area contributed by atoms with Crippen LogP contribution in [0.2, 0.25) is 0 Å². The molecule has 26 heavy (non-hydrogen) atoms. The average Bonchev–Trinajstić information content (AvgIpc) is 3.17. The summed E-state index contributed by atoms with van der Waals surface area (Å²) in [5.74, 6) is 1.28. The summed E-state index contributed by atoms with van der Waals surface area (Å²) in [5, 5.41) is 14.6. The van der Waals surface area contributed by atoms with Gasteiger partial charge in [0, 0.05) is 12.6 Å². The number of amides is 1. The summed E-state index contributed by atoms with van der Waals surface area (Å²) < 4.78 is 2.20. The molecule has 1 aromatic carbocycles. The van der Waals surface area contributed by atoms with E-state index in [0.717, 1.165) is 34.3 Å². The quantitative estimate of drug-likeness (QED) is 0.624. The standard InChI is InChI=1S/C19H20N4OS2/c1-13-4-6-14(7-5-13)11-20-17(24)12-26-19-22-21-18(16-3-2-10-25-16)23(19)15-8-9-15/h2-7,10,15H,8-9,11-12H2,1H3,(H,20,24). The highest BCUT2D eigenvalue weighted by molar-refractivity contribution is 7.99. The molecule has 1 aliphatic carbocycles. The second-order valence-corrected chi connectivity index (χ2v) is 8.33. The molecule has 0 saturated heterocycles. The van der Waals surface area contributed by atoms with Crippen LogP contribution in [-0.4, -0.2) is 26.4 Å². The molecule has 0 spiro atoms. The summed E-state index contributed by atoms with van der Waals surface area (Å²) in [7, 11) is 0. The zero-order valence-electron chi connectivity index (χ0n) is 14.5. The number of thioether (sulfide) groups is 1. The molecule has 2 aromatic heterocycles. The maximum absolute atomic E-state index is 12.2. The first-order valence-corrected chi connectivity index (χ1v) is 10.5. The van der Waals surface area contributed by atoms with Crippen molar-refractivity contribution < 1.29 is 4.79 Å². The van der Waals surface area contributed by atoms with Crippen LogP contribution in [0.5, 0.6) is 0 Å². The summed E-state index contributed by atoms with van der Waals surface area (Å²) in [6.45, 7) is 2.61. The van der Waals surface area contributed by atoms with Crippen molar-refractivity contribution in [2.45, 2.75) is 37.5 Å². The predicted molar refractivity (Wildman–Crippen MR) is 105 cm³/mol. The van der Waals surface area contributed by atoms with Crippen LogP contribution >= 0.6 is 23.1 Å². The van der Waals surface area contributed by atoms with E-state index in [1.54, 1.807) is 11.3 Å². The van der Waals surface area contributed by atoms with E-state index in [2.05, 4.69) is 45.2 Å². The Labute approximate surface area is 160 Å². The van der Waals surface area contributed by atoms with Crippen molar-refractivity contribution in [2.75, 3.05) is 5.75 Å². The highest BCUT2D eigenvalue weighted by Crippen LogP contribution is 2.41. The smallest absolute Gasteiger partial charge is 0.230 e. The van der Waals surface area contributed by atoms with Crippen LogP contribution in [0.4, 0.5) is 0 Å². The zero-order chi connectivity index (χ0) is 17.9. The SMILES string of the molecule is Cc1ccc(CNC(=O)CSc2nnc(-c3cccs3)n2C2CC2)cc1. The van der Waals surface area contributed by atoms with Crippen molar-refractivity contribution in [3.05, 3.63) is 52.9 Å². The molecule has 0 radical (unpaired) electrons. The first-order chi connectivity index (χ1) is 12.7. The molecule has 1 N–H and O–H groups in total. The van der Waals surface area contributed by atoms with Crippen LogP contribution < -0.4 is 5.32 Å². The van der Waals surface area contributed by atoms with Crippen LogP contribution in [0.25, 0.3) is 10.7 Å². The van der Waals surface area contributed by atoms with Gasteiger partial charge in [0.25, 0.3) is 0 Å². The summed E-state index contributed by atoms with van der Waals surface area (Å²) >= 11 is 3.13. The topological polar surface area (TPSA) is 59.8 Å². The Kier molecular flexibility index (Phi) is 5.08. The Hall–Kier alpha value is -2.12. The van der Waals surface area contributed by atoms with E-state index in [9.17, 15) is 4.79 Å². The third-order valence-electron chi connectivity index (χ3n) is 4.26. The van der Waals surface area contributed by atoms with Crippen LogP contribution in [-0.2, 0) is 11.3 Å². The van der Waals surface area contributed by atoms with Gasteiger partial charge in [0.1, 0.15) is 0 Å². The van der Waals surface area contributed by atoms with E-state index in [-0.39, 0.29) is 5.91 Å². The molecule has 3 aromatic rings. The molecular weight excluding hydrogens is 364 g/mol. The Bertz CT molecular complexity index is 883. The first kappa shape index (κ1) is 17.3. The maximum atomic E-state index is 12.2. The monoisotopic (exact) mass is 384 g/mol. The van der Waals surface area contributed by atoms with Crippen molar-refractivity contribution in [1.82, 2.24) is 20.1 Å². The fourth-order valence-corrected chi connectivity index (χ4v) is 4.24. The Morgan fingerprint density at radius 2 is 2.08 bits per heavy atom. The van der Waals surface area contributed by atoms with E-state index in [0.29, 0.717) is 18.3 Å². The summed E-state index contributed by atoms with van der Waals surface area (Å²) in [6.07, 6.45) is 2.31. The predicted octanol–water partition coefficient (Wildman–Crippen LogP) is 4.06. The van der Waals surface area contributed by atoms with Gasteiger partial charge in [-0.3, -0.25) is 9.36 Å². The minimum absolute atomic E-state index is 0.0126. The number of rotatable bonds is 7. The number of carbonyl (C=O) groups excluding carboxylic acids is 1. The van der Waals surface area contributed by atoms with Crippen LogP contribution in [0.3, 0.4) is 0 Å². The second-order valence-electron chi connectivity index (χ2n) is 6.44. The zero-order valence-corrected chi connectivity index (χ0v) is 16.1. The van der Waals surface area contributed by atoms with E-state index in [4.69, 9.17) is 0 Å². The summed E-state index contributed by atoms with van der Waals surface area (Å²) in [5.41, 5.74) is 2.33. The molecule has 1 fully saturated rings. The molecule has 1 saturated carbocycles. The Morgan fingerprint density at radius 1 is 1.27 bits per heavy atom. The van der Waals surface area contributed by atoms with E-state index < -0.39 is 0 Å². The van der Waals surface area contributed by atoms with Gasteiger partial charge >= 0.3 is 0 Å². The molecule has 134 valence electrons. The van der Waals surface area contributed by atoms with Gasteiger partial charge in [-0.05, 0) is 36.8 Å². The van der Waals surface area contributed by atoms with Crippen molar-refractivity contribution >= 4 is 29.0 Å². The summed E-state index contributed by atoms with van der Waals surface area (Å²) in [4.78, 5) is 13.3. The van der Waals surface area contributed by atoms with Crippen LogP contribution in [0, 0.1) is 6.92 Å². The van der Waals surface area contributed by atoms with Gasteiger partial charge in [0.05, 0.1) is 10.6 Å².